The first kappa shape index (κ1) is 18.4. The van der Waals surface area contributed by atoms with E-state index in [0.717, 1.165) is 5.56 Å². The molecule has 25 heavy (non-hydrogen) atoms. The number of carbonyl (C=O) groups is 1. The molecule has 1 heterocycles. The summed E-state index contributed by atoms with van der Waals surface area (Å²) < 4.78 is 11.8. The number of imidazole rings is 1. The summed E-state index contributed by atoms with van der Waals surface area (Å²) in [5.41, 5.74) is 0.994. The van der Waals surface area contributed by atoms with E-state index in [2.05, 4.69) is 4.98 Å². The van der Waals surface area contributed by atoms with Crippen LogP contribution in [0.1, 0.15) is 21.7 Å². The molecule has 0 bridgehead atoms. The van der Waals surface area contributed by atoms with Gasteiger partial charge in [0, 0.05) is 6.92 Å². The maximum absolute atomic E-state index is 11.8. The number of ether oxygens (including phenoxy) is 2. The van der Waals surface area contributed by atoms with Gasteiger partial charge in [-0.25, -0.2) is 4.79 Å². The molecule has 0 aliphatic heterocycles. The standard InChI is InChI=1S/C16H19N3O6/c1-10-5-4-6-13(16(21)24-3)15(10)25-9-12(20)7-18-8-14(19(22)23)17-11(18)2/h4-6,8,12,20H,7,9H2,1-3H3. The Morgan fingerprint density at radius 3 is 2.76 bits per heavy atom. The highest BCUT2D eigenvalue weighted by Crippen LogP contribution is 2.24. The molecular weight excluding hydrogens is 330 g/mol. The maximum atomic E-state index is 11.8. The van der Waals surface area contributed by atoms with Gasteiger partial charge in [0.15, 0.2) is 0 Å². The van der Waals surface area contributed by atoms with Gasteiger partial charge in [0.25, 0.3) is 0 Å². The first-order valence-electron chi connectivity index (χ1n) is 7.50. The van der Waals surface area contributed by atoms with Crippen molar-refractivity contribution in [3.8, 4) is 5.75 Å². The smallest absolute Gasteiger partial charge is 0.381 e. The summed E-state index contributed by atoms with van der Waals surface area (Å²) in [6.07, 6.45) is 0.309. The van der Waals surface area contributed by atoms with Crippen LogP contribution in [0.15, 0.2) is 24.4 Å². The van der Waals surface area contributed by atoms with E-state index < -0.39 is 17.0 Å². The molecule has 0 aliphatic carbocycles. The van der Waals surface area contributed by atoms with Crippen LogP contribution in [-0.2, 0) is 11.3 Å². The normalized spacial score (nSPS) is 11.8. The van der Waals surface area contributed by atoms with Crippen LogP contribution < -0.4 is 4.74 Å². The summed E-state index contributed by atoms with van der Waals surface area (Å²) in [5, 5.41) is 20.9. The average molecular weight is 349 g/mol. The number of aromatic nitrogens is 2. The molecule has 0 amide bonds. The molecule has 1 atom stereocenters. The van der Waals surface area contributed by atoms with E-state index in [9.17, 15) is 20.0 Å². The number of rotatable bonds is 7. The fourth-order valence-corrected chi connectivity index (χ4v) is 2.34. The zero-order valence-corrected chi connectivity index (χ0v) is 14.1. The highest BCUT2D eigenvalue weighted by atomic mass is 16.6. The quantitative estimate of drug-likeness (QED) is 0.459. The number of carbonyl (C=O) groups excluding carboxylic acids is 1. The fraction of sp³-hybridized carbons (Fsp3) is 0.375. The van der Waals surface area contributed by atoms with E-state index in [4.69, 9.17) is 9.47 Å². The Hall–Kier alpha value is -2.94. The van der Waals surface area contributed by atoms with Gasteiger partial charge in [0.05, 0.1) is 13.7 Å². The molecule has 1 unspecified atom stereocenters. The Bertz CT molecular complexity index is 786. The summed E-state index contributed by atoms with van der Waals surface area (Å²) >= 11 is 0. The van der Waals surface area contributed by atoms with Crippen LogP contribution in [0.5, 0.6) is 5.75 Å². The summed E-state index contributed by atoms with van der Waals surface area (Å²) in [4.78, 5) is 25.7. The average Bonchev–Trinajstić information content (AvgIpc) is 2.94. The third-order valence-electron chi connectivity index (χ3n) is 3.60. The topological polar surface area (TPSA) is 117 Å². The second-order valence-electron chi connectivity index (χ2n) is 5.46. The van der Waals surface area contributed by atoms with Crippen LogP contribution in [0.2, 0.25) is 0 Å². The lowest BCUT2D eigenvalue weighted by atomic mass is 10.1. The Labute approximate surface area is 144 Å². The van der Waals surface area contributed by atoms with Crippen LogP contribution in [-0.4, -0.2) is 45.4 Å². The lowest BCUT2D eigenvalue weighted by Gasteiger charge is -2.16. The fourth-order valence-electron chi connectivity index (χ4n) is 2.34. The predicted octanol–water partition coefficient (Wildman–Crippen LogP) is 1.63. The molecule has 0 fully saturated rings. The molecule has 0 radical (unpaired) electrons. The van der Waals surface area contributed by atoms with Gasteiger partial charge in [-0.1, -0.05) is 12.1 Å². The third-order valence-corrected chi connectivity index (χ3v) is 3.60. The van der Waals surface area contributed by atoms with Crippen LogP contribution in [0.4, 0.5) is 5.82 Å². The minimum Gasteiger partial charge on any atom is -0.490 e. The van der Waals surface area contributed by atoms with Gasteiger partial charge in [-0.05, 0) is 28.5 Å². The van der Waals surface area contributed by atoms with Gasteiger partial charge in [-0.3, -0.25) is 0 Å². The maximum Gasteiger partial charge on any atom is 0.381 e. The predicted molar refractivity (Wildman–Crippen MR) is 87.6 cm³/mol. The molecule has 0 saturated heterocycles. The molecule has 0 saturated carbocycles. The van der Waals surface area contributed by atoms with E-state index in [1.807, 2.05) is 0 Å². The molecule has 0 spiro atoms. The molecule has 9 heteroatoms. The summed E-state index contributed by atoms with van der Waals surface area (Å²) in [7, 11) is 1.28. The number of hydrogen-bond acceptors (Lipinski definition) is 7. The lowest BCUT2D eigenvalue weighted by molar-refractivity contribution is -0.389. The van der Waals surface area contributed by atoms with Crippen LogP contribution in [0.3, 0.4) is 0 Å². The van der Waals surface area contributed by atoms with Crippen molar-refractivity contribution < 1.29 is 24.3 Å². The van der Waals surface area contributed by atoms with Crippen molar-refractivity contribution in [1.82, 2.24) is 9.55 Å². The molecule has 2 rings (SSSR count). The molecular formula is C16H19N3O6. The van der Waals surface area contributed by atoms with E-state index >= 15 is 0 Å². The number of methoxy groups -OCH3 is 1. The number of para-hydroxylation sites is 1. The zero-order chi connectivity index (χ0) is 18.6. The number of hydrogen-bond donors (Lipinski definition) is 1. The number of benzene rings is 1. The minimum atomic E-state index is -0.947. The van der Waals surface area contributed by atoms with E-state index in [0.29, 0.717) is 11.6 Å². The van der Waals surface area contributed by atoms with Crippen LogP contribution in [0, 0.1) is 24.0 Å². The summed E-state index contributed by atoms with van der Waals surface area (Å²) in [6, 6.07) is 5.06. The third kappa shape index (κ3) is 4.32. The second-order valence-corrected chi connectivity index (χ2v) is 5.46. The van der Waals surface area contributed by atoms with Gasteiger partial charge < -0.3 is 29.3 Å². The van der Waals surface area contributed by atoms with Gasteiger partial charge in [0.2, 0.25) is 5.82 Å². The van der Waals surface area contributed by atoms with Crippen molar-refractivity contribution in [3.63, 3.8) is 0 Å². The number of aryl methyl sites for hydroxylation is 2. The number of aliphatic hydroxyl groups is 1. The first-order valence-corrected chi connectivity index (χ1v) is 7.50. The van der Waals surface area contributed by atoms with Gasteiger partial charge >= 0.3 is 11.8 Å². The number of nitro groups is 1. The van der Waals surface area contributed by atoms with Crippen LogP contribution >= 0.6 is 0 Å². The van der Waals surface area contributed by atoms with Gasteiger partial charge in [-0.15, -0.1) is 0 Å². The molecule has 1 aromatic heterocycles. The Morgan fingerprint density at radius 1 is 1.44 bits per heavy atom. The Kier molecular flexibility index (Phi) is 5.71. The van der Waals surface area contributed by atoms with Crippen molar-refractivity contribution >= 4 is 11.8 Å². The van der Waals surface area contributed by atoms with Crippen molar-refractivity contribution in [2.24, 2.45) is 0 Å². The van der Waals surface area contributed by atoms with Crippen LogP contribution in [0.25, 0.3) is 0 Å². The number of aliphatic hydroxyl groups excluding tert-OH is 1. The molecule has 2 aromatic rings. The SMILES string of the molecule is COC(=O)c1cccc(C)c1OCC(O)Cn1cc([N+](=O)[O-])nc1C. The summed E-state index contributed by atoms with van der Waals surface area (Å²) in [6.45, 7) is 3.36. The highest BCUT2D eigenvalue weighted by molar-refractivity contribution is 5.92. The van der Waals surface area contributed by atoms with Crippen molar-refractivity contribution in [2.75, 3.05) is 13.7 Å². The minimum absolute atomic E-state index is 0.0755. The summed E-state index contributed by atoms with van der Waals surface area (Å²) in [5.74, 6) is -0.0645. The van der Waals surface area contributed by atoms with Gasteiger partial charge in [-0.2, -0.15) is 0 Å². The van der Waals surface area contributed by atoms with Gasteiger partial charge in [0.1, 0.15) is 30.2 Å². The number of nitrogens with zero attached hydrogens (tertiary/aromatic N) is 3. The molecule has 0 aliphatic rings. The Morgan fingerprint density at radius 2 is 2.16 bits per heavy atom. The van der Waals surface area contributed by atoms with Crippen molar-refractivity contribution in [1.29, 1.82) is 0 Å². The highest BCUT2D eigenvalue weighted by Gasteiger charge is 2.19. The zero-order valence-electron chi connectivity index (χ0n) is 14.1. The van der Waals surface area contributed by atoms with Crippen molar-refractivity contribution in [2.45, 2.75) is 26.5 Å². The second kappa shape index (κ2) is 7.75. The molecule has 9 nitrogen and oxygen atoms in total. The first-order chi connectivity index (χ1) is 11.8. The number of esters is 1. The van der Waals surface area contributed by atoms with E-state index in [1.54, 1.807) is 32.0 Å². The van der Waals surface area contributed by atoms with E-state index in [1.165, 1.54) is 17.9 Å². The Balaban J connectivity index is 2.07. The largest absolute Gasteiger partial charge is 0.490 e. The molecule has 1 aromatic carbocycles. The molecule has 134 valence electrons. The van der Waals surface area contributed by atoms with E-state index in [-0.39, 0.29) is 24.5 Å². The lowest BCUT2D eigenvalue weighted by Crippen LogP contribution is -2.24. The van der Waals surface area contributed by atoms with Crippen molar-refractivity contribution in [3.05, 3.63) is 51.5 Å². The monoisotopic (exact) mass is 349 g/mol. The molecule has 1 N–H and O–H groups in total.